The number of aromatic nitrogens is 1. The van der Waals surface area contributed by atoms with Gasteiger partial charge in [-0.3, -0.25) is 9.59 Å². The molecule has 0 radical (unpaired) electrons. The van der Waals surface area contributed by atoms with Crippen LogP contribution in [0, 0.1) is 6.92 Å². The monoisotopic (exact) mass is 375 g/mol. The van der Waals surface area contributed by atoms with E-state index in [1.807, 2.05) is 0 Å². The van der Waals surface area contributed by atoms with E-state index in [0.717, 1.165) is 0 Å². The van der Waals surface area contributed by atoms with Crippen LogP contribution in [0.1, 0.15) is 22.5 Å². The molecule has 2 heterocycles. The van der Waals surface area contributed by atoms with Crippen molar-refractivity contribution in [3.63, 3.8) is 0 Å². The summed E-state index contributed by atoms with van der Waals surface area (Å²) >= 11 is 6.03. The number of benzene rings is 1. The van der Waals surface area contributed by atoms with Crippen LogP contribution >= 0.6 is 11.6 Å². The molecule has 1 aromatic carbocycles. The zero-order chi connectivity index (χ0) is 18.7. The first kappa shape index (κ1) is 18.2. The molecule has 1 aliphatic heterocycles. The van der Waals surface area contributed by atoms with Gasteiger partial charge in [-0.1, -0.05) is 28.9 Å². The predicted molar refractivity (Wildman–Crippen MR) is 95.7 cm³/mol. The molecule has 7 nitrogen and oxygen atoms in total. The van der Waals surface area contributed by atoms with Gasteiger partial charge in [0, 0.05) is 35.3 Å². The minimum Gasteiger partial charge on any atom is -0.395 e. The molecule has 1 atom stereocenters. The topological polar surface area (TPSA) is 104 Å². The highest BCUT2D eigenvalue weighted by molar-refractivity contribution is 6.30. The Hall–Kier alpha value is -2.64. The van der Waals surface area contributed by atoms with Crippen LogP contribution < -0.4 is 10.6 Å². The predicted octanol–water partition coefficient (Wildman–Crippen LogP) is 1.84. The molecule has 0 saturated carbocycles. The van der Waals surface area contributed by atoms with Gasteiger partial charge in [-0.15, -0.1) is 0 Å². The van der Waals surface area contributed by atoms with Crippen molar-refractivity contribution < 1.29 is 19.2 Å². The Balaban J connectivity index is 1.81. The molecule has 0 spiro atoms. The number of Topliss-reactive ketones (excluding diaryl/α,β-unsaturated/α-hetero) is 1. The van der Waals surface area contributed by atoms with Crippen LogP contribution in [-0.4, -0.2) is 41.1 Å². The average molecular weight is 376 g/mol. The first-order chi connectivity index (χ1) is 12.5. The number of carbonyl (C=O) groups excluding carboxylic acids is 2. The molecule has 0 fully saturated rings. The SMILES string of the molecule is Cc1onc(-c2cccc(Cl)c2)c1C(=O)C1=CNC(C(=O)NCCO)C1. The summed E-state index contributed by atoms with van der Waals surface area (Å²) in [7, 11) is 0. The van der Waals surface area contributed by atoms with Crippen molar-refractivity contribution in [1.29, 1.82) is 0 Å². The standard InChI is InChI=1S/C18H18ClN3O4/c1-10-15(16(22-26-10)11-3-2-4-13(19)7-11)17(24)12-8-14(21-9-12)18(25)20-5-6-23/h2-4,7,9,14,21,23H,5-6,8H2,1H3,(H,20,25). The van der Waals surface area contributed by atoms with Gasteiger partial charge in [0.15, 0.2) is 5.78 Å². The molecule has 2 aromatic rings. The molecule has 0 bridgehead atoms. The average Bonchev–Trinajstić information content (AvgIpc) is 3.26. The summed E-state index contributed by atoms with van der Waals surface area (Å²) in [4.78, 5) is 25.0. The number of hydrogen-bond donors (Lipinski definition) is 3. The summed E-state index contributed by atoms with van der Waals surface area (Å²) in [5.41, 5.74) is 1.92. The number of nitrogens with one attached hydrogen (secondary N) is 2. The minimum absolute atomic E-state index is 0.138. The van der Waals surface area contributed by atoms with E-state index in [4.69, 9.17) is 21.2 Å². The first-order valence-electron chi connectivity index (χ1n) is 8.12. The molecular formula is C18H18ClN3O4. The quantitative estimate of drug-likeness (QED) is 0.665. The lowest BCUT2D eigenvalue weighted by atomic mass is 9.96. The van der Waals surface area contributed by atoms with Gasteiger partial charge < -0.3 is 20.3 Å². The van der Waals surface area contributed by atoms with Gasteiger partial charge in [-0.2, -0.15) is 0 Å². The third kappa shape index (κ3) is 3.63. The summed E-state index contributed by atoms with van der Waals surface area (Å²) in [6.07, 6.45) is 1.79. The molecule has 0 aliphatic carbocycles. The molecule has 8 heteroatoms. The van der Waals surface area contributed by atoms with Gasteiger partial charge in [-0.05, 0) is 19.1 Å². The number of aliphatic hydroxyl groups is 1. The van der Waals surface area contributed by atoms with Crippen molar-refractivity contribution >= 4 is 23.3 Å². The number of nitrogens with zero attached hydrogens (tertiary/aromatic N) is 1. The fraction of sp³-hybridized carbons (Fsp3) is 0.278. The van der Waals surface area contributed by atoms with Gasteiger partial charge in [0.05, 0.1) is 12.2 Å². The lowest BCUT2D eigenvalue weighted by Crippen LogP contribution is -2.41. The minimum atomic E-state index is -0.546. The van der Waals surface area contributed by atoms with E-state index >= 15 is 0 Å². The van der Waals surface area contributed by atoms with Gasteiger partial charge in [0.1, 0.15) is 17.5 Å². The fourth-order valence-corrected chi connectivity index (χ4v) is 2.99. The largest absolute Gasteiger partial charge is 0.395 e. The van der Waals surface area contributed by atoms with Gasteiger partial charge >= 0.3 is 0 Å². The summed E-state index contributed by atoms with van der Waals surface area (Å²) in [5, 5.41) is 18.8. The van der Waals surface area contributed by atoms with E-state index in [0.29, 0.717) is 33.2 Å². The molecule has 26 heavy (non-hydrogen) atoms. The molecule has 1 aromatic heterocycles. The maximum absolute atomic E-state index is 13.0. The van der Waals surface area contributed by atoms with Crippen molar-refractivity contribution in [2.24, 2.45) is 0 Å². The number of halogens is 1. The smallest absolute Gasteiger partial charge is 0.242 e. The van der Waals surface area contributed by atoms with E-state index in [-0.39, 0.29) is 31.3 Å². The second kappa shape index (κ2) is 7.72. The van der Waals surface area contributed by atoms with Crippen LogP contribution in [0.5, 0.6) is 0 Å². The fourth-order valence-electron chi connectivity index (χ4n) is 2.80. The zero-order valence-corrected chi connectivity index (χ0v) is 14.8. The van der Waals surface area contributed by atoms with Gasteiger partial charge in [-0.25, -0.2) is 0 Å². The number of carbonyl (C=O) groups is 2. The van der Waals surface area contributed by atoms with E-state index in [1.54, 1.807) is 37.4 Å². The van der Waals surface area contributed by atoms with Crippen LogP contribution in [0.15, 0.2) is 40.6 Å². The maximum Gasteiger partial charge on any atom is 0.242 e. The van der Waals surface area contributed by atoms with Crippen molar-refractivity contribution in [2.75, 3.05) is 13.2 Å². The summed E-state index contributed by atoms with van der Waals surface area (Å²) in [5.74, 6) is -0.113. The number of aliphatic hydroxyl groups excluding tert-OH is 1. The van der Waals surface area contributed by atoms with E-state index < -0.39 is 6.04 Å². The summed E-state index contributed by atoms with van der Waals surface area (Å²) in [6.45, 7) is 1.70. The lowest BCUT2D eigenvalue weighted by Gasteiger charge is -2.11. The number of amides is 1. The number of hydrogen-bond acceptors (Lipinski definition) is 6. The van der Waals surface area contributed by atoms with Crippen LogP contribution in [-0.2, 0) is 4.79 Å². The molecule has 3 N–H and O–H groups in total. The third-order valence-corrected chi connectivity index (χ3v) is 4.32. The Kier molecular flexibility index (Phi) is 5.39. The van der Waals surface area contributed by atoms with Gasteiger partial charge in [0.2, 0.25) is 5.91 Å². The van der Waals surface area contributed by atoms with E-state index in [1.165, 1.54) is 0 Å². The molecule has 1 aliphatic rings. The van der Waals surface area contributed by atoms with E-state index in [2.05, 4.69) is 15.8 Å². The Morgan fingerprint density at radius 3 is 3.00 bits per heavy atom. The second-order valence-corrected chi connectivity index (χ2v) is 6.35. The molecule has 0 saturated heterocycles. The normalized spacial score (nSPS) is 16.1. The molecule has 1 unspecified atom stereocenters. The Bertz CT molecular complexity index is 875. The summed E-state index contributed by atoms with van der Waals surface area (Å²) < 4.78 is 5.23. The number of rotatable bonds is 6. The highest BCUT2D eigenvalue weighted by Gasteiger charge is 2.31. The van der Waals surface area contributed by atoms with Crippen molar-refractivity contribution in [3.05, 3.63) is 52.4 Å². The zero-order valence-electron chi connectivity index (χ0n) is 14.1. The molecule has 3 rings (SSSR count). The highest BCUT2D eigenvalue weighted by Crippen LogP contribution is 2.30. The van der Waals surface area contributed by atoms with Crippen LogP contribution in [0.2, 0.25) is 5.02 Å². The van der Waals surface area contributed by atoms with Crippen molar-refractivity contribution in [1.82, 2.24) is 15.8 Å². The van der Waals surface area contributed by atoms with Crippen LogP contribution in [0.4, 0.5) is 0 Å². The maximum atomic E-state index is 13.0. The van der Waals surface area contributed by atoms with E-state index in [9.17, 15) is 9.59 Å². The summed E-state index contributed by atoms with van der Waals surface area (Å²) in [6, 6.07) is 6.47. The third-order valence-electron chi connectivity index (χ3n) is 4.09. The Labute approximate surface area is 155 Å². The number of aryl methyl sites for hydroxylation is 1. The molecular weight excluding hydrogens is 358 g/mol. The van der Waals surface area contributed by atoms with Crippen LogP contribution in [0.25, 0.3) is 11.3 Å². The lowest BCUT2D eigenvalue weighted by molar-refractivity contribution is -0.122. The van der Waals surface area contributed by atoms with Crippen molar-refractivity contribution in [2.45, 2.75) is 19.4 Å². The van der Waals surface area contributed by atoms with Gasteiger partial charge in [0.25, 0.3) is 0 Å². The molecule has 136 valence electrons. The van der Waals surface area contributed by atoms with Crippen molar-refractivity contribution in [3.8, 4) is 11.3 Å². The highest BCUT2D eigenvalue weighted by atomic mass is 35.5. The first-order valence-corrected chi connectivity index (χ1v) is 8.49. The second-order valence-electron chi connectivity index (χ2n) is 5.91. The Morgan fingerprint density at radius 1 is 1.46 bits per heavy atom. The number of ketones is 1. The molecule has 1 amide bonds. The van der Waals surface area contributed by atoms with Crippen LogP contribution in [0.3, 0.4) is 0 Å². The Morgan fingerprint density at radius 2 is 2.27 bits per heavy atom.